The van der Waals surface area contributed by atoms with Crippen molar-refractivity contribution in [2.75, 3.05) is 5.73 Å². The molecule has 15 heavy (non-hydrogen) atoms. The van der Waals surface area contributed by atoms with Crippen LogP contribution in [0.5, 0.6) is 0 Å². The zero-order valence-electron chi connectivity index (χ0n) is 9.33. The molecule has 2 atom stereocenters. The van der Waals surface area contributed by atoms with E-state index in [0.29, 0.717) is 6.04 Å². The first-order valence-electron chi connectivity index (χ1n) is 5.59. The Labute approximate surface area is 99.2 Å². The number of anilines is 1. The molecule has 2 rings (SSSR count). The lowest BCUT2D eigenvalue weighted by molar-refractivity contribution is 0.268. The second-order valence-corrected chi connectivity index (χ2v) is 5.45. The second-order valence-electron chi connectivity index (χ2n) is 4.65. The fourth-order valence-electron chi connectivity index (χ4n) is 2.45. The first kappa shape index (κ1) is 11.0. The molecular formula is C11H18BrN3. The van der Waals surface area contributed by atoms with Crippen molar-refractivity contribution in [3.05, 3.63) is 10.2 Å². The molecule has 1 aliphatic rings. The number of aryl methyl sites for hydroxylation is 1. The number of hydrogen-bond donors (Lipinski definition) is 1. The van der Waals surface area contributed by atoms with Gasteiger partial charge in [-0.05, 0) is 41.6 Å². The fourth-order valence-corrected chi connectivity index (χ4v) is 2.71. The van der Waals surface area contributed by atoms with Crippen LogP contribution in [0.15, 0.2) is 4.47 Å². The molecule has 0 aromatic carbocycles. The van der Waals surface area contributed by atoms with Crippen LogP contribution < -0.4 is 5.73 Å². The van der Waals surface area contributed by atoms with Gasteiger partial charge in [-0.1, -0.05) is 19.8 Å². The highest BCUT2D eigenvalue weighted by molar-refractivity contribution is 9.10. The SMILES string of the molecule is Cc1nn(C2CCCC(C)C2)c(N)c1Br. The summed E-state index contributed by atoms with van der Waals surface area (Å²) in [5.74, 6) is 1.58. The van der Waals surface area contributed by atoms with Gasteiger partial charge < -0.3 is 5.73 Å². The molecule has 1 aromatic rings. The van der Waals surface area contributed by atoms with E-state index < -0.39 is 0 Å². The highest BCUT2D eigenvalue weighted by atomic mass is 79.9. The molecule has 0 aliphatic heterocycles. The number of halogens is 1. The summed E-state index contributed by atoms with van der Waals surface area (Å²) < 4.78 is 2.97. The number of nitrogens with zero attached hydrogens (tertiary/aromatic N) is 2. The molecule has 3 nitrogen and oxygen atoms in total. The summed E-state index contributed by atoms with van der Waals surface area (Å²) in [5.41, 5.74) is 7.02. The topological polar surface area (TPSA) is 43.8 Å². The van der Waals surface area contributed by atoms with Crippen molar-refractivity contribution >= 4 is 21.7 Å². The Morgan fingerprint density at radius 1 is 1.47 bits per heavy atom. The molecule has 2 N–H and O–H groups in total. The van der Waals surface area contributed by atoms with E-state index in [-0.39, 0.29) is 0 Å². The van der Waals surface area contributed by atoms with Crippen LogP contribution in [0.4, 0.5) is 5.82 Å². The molecule has 0 spiro atoms. The monoisotopic (exact) mass is 271 g/mol. The molecule has 1 aromatic heterocycles. The highest BCUT2D eigenvalue weighted by Gasteiger charge is 2.23. The second kappa shape index (κ2) is 4.16. The molecule has 2 unspecified atom stereocenters. The third-order valence-electron chi connectivity index (χ3n) is 3.30. The Kier molecular flexibility index (Phi) is 3.05. The van der Waals surface area contributed by atoms with Crippen molar-refractivity contribution in [1.82, 2.24) is 9.78 Å². The van der Waals surface area contributed by atoms with Crippen LogP contribution in [0.25, 0.3) is 0 Å². The van der Waals surface area contributed by atoms with E-state index in [1.807, 2.05) is 11.6 Å². The van der Waals surface area contributed by atoms with Crippen molar-refractivity contribution < 1.29 is 0 Å². The Bertz CT molecular complexity index is 359. The molecule has 0 amide bonds. The number of nitrogens with two attached hydrogens (primary N) is 1. The number of rotatable bonds is 1. The summed E-state index contributed by atoms with van der Waals surface area (Å²) in [6.07, 6.45) is 5.06. The molecule has 0 radical (unpaired) electrons. The molecule has 1 saturated carbocycles. The molecule has 1 heterocycles. The normalized spacial score (nSPS) is 26.9. The summed E-state index contributed by atoms with van der Waals surface area (Å²) >= 11 is 3.47. The van der Waals surface area contributed by atoms with Crippen LogP contribution in [0.1, 0.15) is 44.3 Å². The Balaban J connectivity index is 2.25. The number of hydrogen-bond acceptors (Lipinski definition) is 2. The number of aromatic nitrogens is 2. The van der Waals surface area contributed by atoms with E-state index in [1.54, 1.807) is 0 Å². The lowest BCUT2D eigenvalue weighted by atomic mass is 9.87. The first-order chi connectivity index (χ1) is 7.09. The summed E-state index contributed by atoms with van der Waals surface area (Å²) in [6.45, 7) is 4.30. The van der Waals surface area contributed by atoms with E-state index in [1.165, 1.54) is 25.7 Å². The van der Waals surface area contributed by atoms with Crippen LogP contribution in [0, 0.1) is 12.8 Å². The largest absolute Gasteiger partial charge is 0.383 e. The number of nitrogen functional groups attached to an aromatic ring is 1. The van der Waals surface area contributed by atoms with Gasteiger partial charge in [0.2, 0.25) is 0 Å². The Morgan fingerprint density at radius 2 is 2.20 bits per heavy atom. The predicted molar refractivity (Wildman–Crippen MR) is 65.7 cm³/mol. The van der Waals surface area contributed by atoms with Crippen LogP contribution in [0.3, 0.4) is 0 Å². The van der Waals surface area contributed by atoms with E-state index in [2.05, 4.69) is 28.0 Å². The molecule has 0 bridgehead atoms. The zero-order chi connectivity index (χ0) is 11.0. The van der Waals surface area contributed by atoms with Crippen LogP contribution >= 0.6 is 15.9 Å². The Morgan fingerprint density at radius 3 is 2.73 bits per heavy atom. The van der Waals surface area contributed by atoms with Gasteiger partial charge in [0, 0.05) is 0 Å². The van der Waals surface area contributed by atoms with Gasteiger partial charge in [-0.25, -0.2) is 4.68 Å². The maximum Gasteiger partial charge on any atom is 0.136 e. The van der Waals surface area contributed by atoms with Gasteiger partial charge in [-0.15, -0.1) is 0 Å². The zero-order valence-corrected chi connectivity index (χ0v) is 10.9. The summed E-state index contributed by atoms with van der Waals surface area (Å²) in [4.78, 5) is 0. The molecule has 0 saturated heterocycles. The maximum atomic E-state index is 6.03. The van der Waals surface area contributed by atoms with Gasteiger partial charge in [0.05, 0.1) is 16.2 Å². The maximum absolute atomic E-state index is 6.03. The third kappa shape index (κ3) is 2.05. The quantitative estimate of drug-likeness (QED) is 0.852. The average Bonchev–Trinajstić information content (AvgIpc) is 2.46. The van der Waals surface area contributed by atoms with Gasteiger partial charge >= 0.3 is 0 Å². The van der Waals surface area contributed by atoms with Crippen molar-refractivity contribution in [3.63, 3.8) is 0 Å². The van der Waals surface area contributed by atoms with Crippen LogP contribution in [0.2, 0.25) is 0 Å². The molecule has 4 heteroatoms. The van der Waals surface area contributed by atoms with Crippen LogP contribution in [-0.4, -0.2) is 9.78 Å². The highest BCUT2D eigenvalue weighted by Crippen LogP contribution is 2.35. The predicted octanol–water partition coefficient (Wildman–Crippen LogP) is 3.29. The molecule has 1 fully saturated rings. The average molecular weight is 272 g/mol. The van der Waals surface area contributed by atoms with Crippen molar-refractivity contribution in [1.29, 1.82) is 0 Å². The van der Waals surface area contributed by atoms with Crippen molar-refractivity contribution in [2.24, 2.45) is 5.92 Å². The van der Waals surface area contributed by atoms with Gasteiger partial charge in [-0.3, -0.25) is 0 Å². The Hall–Kier alpha value is -0.510. The van der Waals surface area contributed by atoms with Gasteiger partial charge in [0.15, 0.2) is 0 Å². The van der Waals surface area contributed by atoms with E-state index >= 15 is 0 Å². The standard InChI is InChI=1S/C11H18BrN3/c1-7-4-3-5-9(6-7)15-11(13)10(12)8(2)14-15/h7,9H,3-6,13H2,1-2H3. The van der Waals surface area contributed by atoms with E-state index in [9.17, 15) is 0 Å². The minimum Gasteiger partial charge on any atom is -0.383 e. The van der Waals surface area contributed by atoms with Crippen molar-refractivity contribution in [3.8, 4) is 0 Å². The van der Waals surface area contributed by atoms with Gasteiger partial charge in [0.25, 0.3) is 0 Å². The van der Waals surface area contributed by atoms with Gasteiger partial charge in [0.1, 0.15) is 5.82 Å². The van der Waals surface area contributed by atoms with Gasteiger partial charge in [-0.2, -0.15) is 5.10 Å². The summed E-state index contributed by atoms with van der Waals surface area (Å²) in [6, 6.07) is 0.499. The summed E-state index contributed by atoms with van der Waals surface area (Å²) in [7, 11) is 0. The third-order valence-corrected chi connectivity index (χ3v) is 4.28. The fraction of sp³-hybridized carbons (Fsp3) is 0.727. The lowest BCUT2D eigenvalue weighted by Gasteiger charge is -2.27. The van der Waals surface area contributed by atoms with Crippen LogP contribution in [-0.2, 0) is 0 Å². The lowest BCUT2D eigenvalue weighted by Crippen LogP contribution is -2.20. The molecule has 84 valence electrons. The summed E-state index contributed by atoms with van der Waals surface area (Å²) in [5, 5.41) is 4.51. The molecule has 1 aliphatic carbocycles. The first-order valence-corrected chi connectivity index (χ1v) is 6.39. The van der Waals surface area contributed by atoms with E-state index in [0.717, 1.165) is 21.9 Å². The molecular weight excluding hydrogens is 254 g/mol. The minimum absolute atomic E-state index is 0.499. The van der Waals surface area contributed by atoms with E-state index in [4.69, 9.17) is 5.73 Å². The minimum atomic E-state index is 0.499. The van der Waals surface area contributed by atoms with Crippen molar-refractivity contribution in [2.45, 2.75) is 45.6 Å². The smallest absolute Gasteiger partial charge is 0.136 e.